The normalized spacial score (nSPS) is 19.6. The first-order valence-electron chi connectivity index (χ1n) is 37.1. The minimum Gasteiger partial charge on any atom is -0.504 e. The Morgan fingerprint density at radius 3 is 0.963 bits per heavy atom. The number of hydrogen-bond donors (Lipinski definition) is 28. The van der Waals surface area contributed by atoms with Gasteiger partial charge in [0.15, 0.2) is 162 Å². The molecule has 10 atom stereocenters. The molecule has 6 heterocycles. The summed E-state index contributed by atoms with van der Waals surface area (Å²) < 4.78 is 81.2. The largest absolute Gasteiger partial charge is 0.504 e. The monoisotopic (exact) mass is 1870 g/mol. The highest BCUT2D eigenvalue weighted by molar-refractivity contribution is 6.11. The molecule has 2 saturated heterocycles. The van der Waals surface area contributed by atoms with Crippen LogP contribution in [0.2, 0.25) is 0 Å². The van der Waals surface area contributed by atoms with Crippen LogP contribution in [-0.2, 0) is 56.8 Å². The van der Waals surface area contributed by atoms with Gasteiger partial charge in [-0.2, -0.15) is 0 Å². The standard InChI is InChI=1S/C82H56O52/c83-27-1-17(2-28(84)47(27)95)71(111)121-15-41-66-68(130-73(113)19-5-31(87)49(97)32(88)6-19)70-82(126-41)134-78(118)24-14-40(56(104)60(108)46(24)44-22(76(116)131-70)10-36(92)52(100)58(44)106)124-64-26(12-38(94)54(102)62(64)110)80(120)132-69-67(129-72(112)18-3-29(85)48(96)30(86)4-18)65-42(125-81(69)133-74(114)20-7-33(89)50(98)34(90)8-20)16-122-75(115)21-9-35(91)51(99)57(105)43(21)45-23(77(117)127-65)13-39(55(103)59(45)107)123-63-25(79(119)128-66)11-37(93)53(101)61(63)109/h1-14,41-42,65-70,81-110H,15-16H2/t41-,42-,65-,66-,67+,68+,69-,70-,81+,82+/m1/s1. The quantitative estimate of drug-likeness (QED) is 0.0548. The molecule has 28 N–H and O–H groups in total. The average Bonchev–Trinajstić information content (AvgIpc) is 1.00. The van der Waals surface area contributed by atoms with Crippen molar-refractivity contribution in [2.75, 3.05) is 13.2 Å². The first-order chi connectivity index (χ1) is 63.1. The lowest BCUT2D eigenvalue weighted by Crippen LogP contribution is -2.63. The first-order valence-corrected chi connectivity index (χ1v) is 37.1. The average molecular weight is 1870 g/mol. The number of ether oxygens (including phenoxy) is 14. The molecule has 9 bridgehead atoms. The number of phenolic OH excluding ortho intramolecular Hbond substituents is 28. The third-order valence-corrected chi connectivity index (χ3v) is 20.7. The predicted octanol–water partition coefficient (Wildman–Crippen LogP) is 4.13. The van der Waals surface area contributed by atoms with Gasteiger partial charge in [-0.3, -0.25) is 0 Å². The van der Waals surface area contributed by atoms with Gasteiger partial charge in [0, 0.05) is 46.5 Å². The Balaban J connectivity index is 1.02. The molecular formula is C82H56O52. The highest BCUT2D eigenvalue weighted by Crippen LogP contribution is 2.60. The van der Waals surface area contributed by atoms with Gasteiger partial charge in [0.05, 0.1) is 44.5 Å². The molecule has 0 aliphatic carbocycles. The Labute approximate surface area is 735 Å². The van der Waals surface area contributed by atoms with Gasteiger partial charge in [-0.15, -0.1) is 0 Å². The van der Waals surface area contributed by atoms with Crippen LogP contribution in [0.25, 0.3) is 22.3 Å². The van der Waals surface area contributed by atoms with E-state index in [-0.39, 0.29) is 36.4 Å². The molecular weight excluding hydrogens is 1820 g/mol. The molecule has 0 aromatic heterocycles. The Hall–Kier alpha value is -19.2. The lowest BCUT2D eigenvalue weighted by molar-refractivity contribution is -0.283. The van der Waals surface area contributed by atoms with Crippen LogP contribution in [0, 0.1) is 0 Å². The Morgan fingerprint density at radius 2 is 0.567 bits per heavy atom. The van der Waals surface area contributed by atoms with E-state index in [4.69, 9.17) is 66.3 Å². The highest BCUT2D eigenvalue weighted by Gasteiger charge is 2.59. The van der Waals surface area contributed by atoms with E-state index in [1.807, 2.05) is 0 Å². The van der Waals surface area contributed by atoms with Gasteiger partial charge in [-0.25, -0.2) is 47.9 Å². The van der Waals surface area contributed by atoms with Crippen LogP contribution < -0.4 is 9.47 Å². The van der Waals surface area contributed by atoms with Crippen molar-refractivity contribution in [3.63, 3.8) is 0 Å². The van der Waals surface area contributed by atoms with Gasteiger partial charge in [-0.1, -0.05) is 0 Å². The van der Waals surface area contributed by atoms with Crippen LogP contribution in [0.1, 0.15) is 104 Å². The van der Waals surface area contributed by atoms with Crippen LogP contribution in [0.5, 0.6) is 184 Å². The minimum absolute atomic E-state index is 0.0489. The summed E-state index contributed by atoms with van der Waals surface area (Å²) in [5, 5.41) is 313. The lowest BCUT2D eigenvalue weighted by atomic mass is 9.91. The molecule has 16 rings (SSSR count). The number of benzene rings is 10. The number of phenols is 28. The summed E-state index contributed by atoms with van der Waals surface area (Å²) in [7, 11) is 0. The topological polar surface area (TPSA) is 866 Å². The second kappa shape index (κ2) is 33.2. The zero-order chi connectivity index (χ0) is 97.3. The third kappa shape index (κ3) is 15.4. The molecule has 2 fully saturated rings. The molecule has 0 spiro atoms. The summed E-state index contributed by atoms with van der Waals surface area (Å²) in [6.45, 7) is -3.36. The van der Waals surface area contributed by atoms with Crippen molar-refractivity contribution < 1.29 is 257 Å². The predicted molar refractivity (Wildman–Crippen MR) is 413 cm³/mol. The van der Waals surface area contributed by atoms with Crippen molar-refractivity contribution in [2.45, 2.75) is 61.4 Å². The summed E-state index contributed by atoms with van der Waals surface area (Å²) in [6, 6.07) is 3.64. The van der Waals surface area contributed by atoms with Gasteiger partial charge in [0.25, 0.3) is 0 Å². The number of carbonyl (C=O) groups excluding carboxylic acids is 10. The Bertz CT molecular complexity index is 6730. The van der Waals surface area contributed by atoms with E-state index < -0.39 is 396 Å². The third-order valence-electron chi connectivity index (χ3n) is 20.7. The molecule has 0 amide bonds. The van der Waals surface area contributed by atoms with Crippen molar-refractivity contribution in [2.24, 2.45) is 0 Å². The number of hydrogen-bond acceptors (Lipinski definition) is 52. The van der Waals surface area contributed by atoms with Crippen molar-refractivity contribution in [3.05, 3.63) is 141 Å². The molecule has 0 saturated carbocycles. The smallest absolute Gasteiger partial charge is 0.342 e. The molecule has 6 aliphatic heterocycles. The van der Waals surface area contributed by atoms with Crippen LogP contribution in [-0.4, -0.2) is 277 Å². The number of fused-ring (bicyclic) bond motifs is 7. The molecule has 52 nitrogen and oxygen atoms in total. The fraction of sp³-hybridized carbons (Fsp3) is 0.146. The summed E-state index contributed by atoms with van der Waals surface area (Å²) >= 11 is 0. The maximum atomic E-state index is 16.0. The van der Waals surface area contributed by atoms with Crippen LogP contribution in [0.3, 0.4) is 0 Å². The second-order valence-corrected chi connectivity index (χ2v) is 28.9. The molecule has 0 unspecified atom stereocenters. The van der Waals surface area contributed by atoms with Gasteiger partial charge in [-0.05, 0) is 60.7 Å². The number of rotatable bonds is 9. The summed E-state index contributed by atoms with van der Waals surface area (Å²) in [4.78, 5) is 152. The molecule has 6 aliphatic rings. The molecule has 10 aromatic carbocycles. The molecule has 0 radical (unpaired) electrons. The maximum absolute atomic E-state index is 16.0. The van der Waals surface area contributed by atoms with Crippen molar-refractivity contribution in [1.82, 2.24) is 0 Å². The highest BCUT2D eigenvalue weighted by atomic mass is 16.8. The van der Waals surface area contributed by atoms with E-state index in [0.29, 0.717) is 48.5 Å². The number of aromatic hydroxyl groups is 28. The van der Waals surface area contributed by atoms with E-state index in [1.54, 1.807) is 0 Å². The van der Waals surface area contributed by atoms with E-state index in [2.05, 4.69) is 0 Å². The molecule has 134 heavy (non-hydrogen) atoms. The van der Waals surface area contributed by atoms with Crippen LogP contribution in [0.4, 0.5) is 0 Å². The van der Waals surface area contributed by atoms with Crippen LogP contribution in [0.15, 0.2) is 84.9 Å². The fourth-order valence-electron chi connectivity index (χ4n) is 14.2. The molecule has 696 valence electrons. The van der Waals surface area contributed by atoms with E-state index in [9.17, 15) is 167 Å². The number of cyclic esters (lactones) is 1. The maximum Gasteiger partial charge on any atom is 0.342 e. The van der Waals surface area contributed by atoms with Crippen LogP contribution >= 0.6 is 0 Å². The van der Waals surface area contributed by atoms with Crippen molar-refractivity contribution >= 4 is 59.7 Å². The zero-order valence-electron chi connectivity index (χ0n) is 65.6. The van der Waals surface area contributed by atoms with Crippen molar-refractivity contribution in [3.8, 4) is 206 Å². The second-order valence-electron chi connectivity index (χ2n) is 28.9. The van der Waals surface area contributed by atoms with E-state index in [1.165, 1.54) is 0 Å². The van der Waals surface area contributed by atoms with Gasteiger partial charge in [0.2, 0.25) is 70.8 Å². The minimum atomic E-state index is -3.21. The van der Waals surface area contributed by atoms with Gasteiger partial charge >= 0.3 is 59.7 Å². The number of carbonyl (C=O) groups is 10. The zero-order valence-corrected chi connectivity index (χ0v) is 65.6. The summed E-state index contributed by atoms with van der Waals surface area (Å²) in [5.41, 5.74) is -19.7. The van der Waals surface area contributed by atoms with Gasteiger partial charge in [0.1, 0.15) is 36.5 Å². The molecule has 52 heteroatoms. The summed E-state index contributed by atoms with van der Waals surface area (Å²) in [5.74, 6) is -72.6. The Kier molecular flexibility index (Phi) is 22.2. The lowest BCUT2D eigenvalue weighted by Gasteiger charge is -2.44. The molecule has 10 aromatic rings. The fourth-order valence-corrected chi connectivity index (χ4v) is 14.2. The van der Waals surface area contributed by atoms with E-state index in [0.717, 1.165) is 0 Å². The Morgan fingerprint density at radius 1 is 0.276 bits per heavy atom. The van der Waals surface area contributed by atoms with Crippen molar-refractivity contribution in [1.29, 1.82) is 0 Å². The first kappa shape index (κ1) is 89.6. The summed E-state index contributed by atoms with van der Waals surface area (Å²) in [6.07, 6.45) is -30.2. The van der Waals surface area contributed by atoms with E-state index >= 15 is 24.0 Å². The number of esters is 10. The van der Waals surface area contributed by atoms with Gasteiger partial charge < -0.3 is 209 Å². The SMILES string of the molecule is O=C(OC[C@H]1O[C@H]2OC(=O)c3cc4c(O)c(O)c3-c3c(cc(O)c(O)c3O)C(=O)O[C@@H]2[C@@H](OC(=O)c2cc(O)c(O)c(O)c2)[C@@H]1OC(=O)c1cc(O)c(O)c(O)c1Oc1cc2c(c(O)c1O)-c1c(cc(O)c(O)c1O)C(=O)OC[C@H]1O[C@@H](OC(=O)c3cc(O)c(O)c(O)c3)[C@H](OC(=O)c3cc(O)c(O)c(O)c3O4)[C@@H](OC(=O)c3cc(O)c(O)c(O)c3)[C@@H]1OC2=O)c1cc(O)c(O)c(O)c1.